The Kier molecular flexibility index (Phi) is 3.81. The molecule has 1 aromatic rings. The molecule has 1 aromatic carbocycles. The number of benzene rings is 1. The monoisotopic (exact) mass is 220 g/mol. The first-order valence-corrected chi connectivity index (χ1v) is 5.42. The first kappa shape index (κ1) is 12.8. The smallest absolute Gasteiger partial charge is 0.201 e. The molecule has 0 saturated carbocycles. The Balaban J connectivity index is 3.00. The second-order valence-electron chi connectivity index (χ2n) is 4.92. The van der Waals surface area contributed by atoms with Crippen molar-refractivity contribution < 1.29 is 4.74 Å². The van der Waals surface area contributed by atoms with Crippen molar-refractivity contribution in [1.29, 1.82) is 0 Å². The van der Waals surface area contributed by atoms with Gasteiger partial charge in [-0.3, -0.25) is 0 Å². The van der Waals surface area contributed by atoms with E-state index in [-0.39, 0.29) is 5.54 Å². The van der Waals surface area contributed by atoms with Crippen LogP contribution in [0.4, 0.5) is 0 Å². The Hall–Kier alpha value is -1.22. The summed E-state index contributed by atoms with van der Waals surface area (Å²) in [4.78, 5) is 0. The number of hydrogen-bond donors (Lipinski definition) is 0. The predicted octanol–water partition coefficient (Wildman–Crippen LogP) is 3.76. The van der Waals surface area contributed by atoms with Crippen molar-refractivity contribution in [1.82, 2.24) is 0 Å². The fourth-order valence-electron chi connectivity index (χ4n) is 1.21. The van der Waals surface area contributed by atoms with Crippen LogP contribution in [0.3, 0.4) is 0 Å². The normalized spacial score (nSPS) is 16.3. The van der Waals surface area contributed by atoms with E-state index in [0.29, 0.717) is 0 Å². The fraction of sp³-hybridized carbons (Fsp3) is 0.538. The van der Waals surface area contributed by atoms with E-state index >= 15 is 0 Å². The topological polar surface area (TPSA) is 34.0 Å². The van der Waals surface area contributed by atoms with E-state index in [0.717, 1.165) is 5.56 Å². The lowest BCUT2D eigenvalue weighted by Crippen LogP contribution is -2.22. The molecule has 0 amide bonds. The lowest BCUT2D eigenvalue weighted by atomic mass is 10.1. The first-order chi connectivity index (χ1) is 7.37. The van der Waals surface area contributed by atoms with Crippen LogP contribution in [0.2, 0.25) is 0 Å². The molecule has 0 bridgehead atoms. The highest BCUT2D eigenvalue weighted by Gasteiger charge is 2.26. The molecule has 0 fully saturated rings. The highest BCUT2D eigenvalue weighted by molar-refractivity contribution is 5.21. The molecule has 1 rings (SSSR count). The van der Waals surface area contributed by atoms with Gasteiger partial charge in [0.2, 0.25) is 5.72 Å². The van der Waals surface area contributed by atoms with E-state index < -0.39 is 5.72 Å². The third-order valence-electron chi connectivity index (χ3n) is 2.25. The molecule has 0 radical (unpaired) electrons. The van der Waals surface area contributed by atoms with Gasteiger partial charge < -0.3 is 4.74 Å². The first-order valence-electron chi connectivity index (χ1n) is 5.42. The standard InChI is InChI=1S/C13H20N2O/c1-12(2,3)14-15-13(4,16-5)11-9-7-6-8-10-11/h6-10H,1-5H3. The zero-order chi connectivity index (χ0) is 12.2. The Morgan fingerprint density at radius 2 is 1.50 bits per heavy atom. The van der Waals surface area contributed by atoms with Crippen LogP contribution in [0.1, 0.15) is 33.3 Å². The van der Waals surface area contributed by atoms with Crippen LogP contribution in [0.25, 0.3) is 0 Å². The minimum Gasteiger partial charge on any atom is -0.352 e. The second kappa shape index (κ2) is 4.74. The maximum Gasteiger partial charge on any atom is 0.201 e. The number of azo groups is 1. The molecule has 88 valence electrons. The van der Waals surface area contributed by atoms with Crippen LogP contribution in [-0.4, -0.2) is 12.6 Å². The molecule has 0 aliphatic carbocycles. The summed E-state index contributed by atoms with van der Waals surface area (Å²) in [5, 5.41) is 8.59. The Morgan fingerprint density at radius 1 is 0.938 bits per heavy atom. The van der Waals surface area contributed by atoms with Gasteiger partial charge in [-0.2, -0.15) is 10.2 Å². The van der Waals surface area contributed by atoms with E-state index in [2.05, 4.69) is 10.2 Å². The van der Waals surface area contributed by atoms with Crippen LogP contribution in [0.5, 0.6) is 0 Å². The van der Waals surface area contributed by atoms with Gasteiger partial charge in [0, 0.05) is 12.7 Å². The molecular weight excluding hydrogens is 200 g/mol. The van der Waals surface area contributed by atoms with Gasteiger partial charge >= 0.3 is 0 Å². The average Bonchev–Trinajstić information content (AvgIpc) is 2.26. The predicted molar refractivity (Wildman–Crippen MR) is 65.4 cm³/mol. The van der Waals surface area contributed by atoms with Gasteiger partial charge in [0.05, 0.1) is 5.54 Å². The molecule has 0 heterocycles. The van der Waals surface area contributed by atoms with Crippen molar-refractivity contribution in [2.45, 2.75) is 39.0 Å². The van der Waals surface area contributed by atoms with E-state index in [1.807, 2.05) is 58.0 Å². The highest BCUT2D eigenvalue weighted by Crippen LogP contribution is 2.27. The van der Waals surface area contributed by atoms with Gasteiger partial charge in [-0.15, -0.1) is 0 Å². The molecule has 16 heavy (non-hydrogen) atoms. The maximum absolute atomic E-state index is 5.46. The van der Waals surface area contributed by atoms with Crippen molar-refractivity contribution in [3.63, 3.8) is 0 Å². The summed E-state index contributed by atoms with van der Waals surface area (Å²) >= 11 is 0. The molecule has 0 aliphatic heterocycles. The molecule has 3 nitrogen and oxygen atoms in total. The third-order valence-corrected chi connectivity index (χ3v) is 2.25. The van der Waals surface area contributed by atoms with Crippen molar-refractivity contribution in [3.8, 4) is 0 Å². The van der Waals surface area contributed by atoms with Crippen LogP contribution in [0, 0.1) is 0 Å². The van der Waals surface area contributed by atoms with Gasteiger partial charge in [-0.05, 0) is 27.7 Å². The average molecular weight is 220 g/mol. The van der Waals surface area contributed by atoms with Gasteiger partial charge in [0.1, 0.15) is 0 Å². The summed E-state index contributed by atoms with van der Waals surface area (Å²) in [6.07, 6.45) is 0. The van der Waals surface area contributed by atoms with Gasteiger partial charge in [-0.1, -0.05) is 30.3 Å². The van der Waals surface area contributed by atoms with Crippen molar-refractivity contribution in [3.05, 3.63) is 35.9 Å². The van der Waals surface area contributed by atoms with E-state index in [4.69, 9.17) is 4.74 Å². The molecular formula is C13H20N2O. The lowest BCUT2D eigenvalue weighted by Gasteiger charge is -2.24. The molecule has 1 atom stereocenters. The molecule has 0 aromatic heterocycles. The summed E-state index contributed by atoms with van der Waals surface area (Å²) in [6, 6.07) is 9.90. The molecule has 0 aliphatic rings. The molecule has 3 heteroatoms. The number of nitrogens with zero attached hydrogens (tertiary/aromatic N) is 2. The largest absolute Gasteiger partial charge is 0.352 e. The van der Waals surface area contributed by atoms with Crippen LogP contribution >= 0.6 is 0 Å². The minimum absolute atomic E-state index is 0.186. The molecule has 1 unspecified atom stereocenters. The number of methoxy groups -OCH3 is 1. The highest BCUT2D eigenvalue weighted by atomic mass is 16.5. The lowest BCUT2D eigenvalue weighted by molar-refractivity contribution is 0.00117. The Bertz CT molecular complexity index is 354. The van der Waals surface area contributed by atoms with E-state index in [1.165, 1.54) is 0 Å². The van der Waals surface area contributed by atoms with Crippen LogP contribution in [-0.2, 0) is 10.5 Å². The van der Waals surface area contributed by atoms with Crippen LogP contribution < -0.4 is 0 Å². The van der Waals surface area contributed by atoms with Crippen LogP contribution in [0.15, 0.2) is 40.6 Å². The SMILES string of the molecule is COC(C)(N=NC(C)(C)C)c1ccccc1. The number of rotatable bonds is 3. The quantitative estimate of drug-likeness (QED) is 0.714. The van der Waals surface area contributed by atoms with Gasteiger partial charge in [0.25, 0.3) is 0 Å². The summed E-state index contributed by atoms with van der Waals surface area (Å²) in [7, 11) is 1.65. The Labute approximate surface area is 97.5 Å². The Morgan fingerprint density at radius 3 is 1.94 bits per heavy atom. The number of hydrogen-bond acceptors (Lipinski definition) is 3. The second-order valence-corrected chi connectivity index (χ2v) is 4.92. The zero-order valence-corrected chi connectivity index (χ0v) is 10.7. The zero-order valence-electron chi connectivity index (χ0n) is 10.7. The summed E-state index contributed by atoms with van der Waals surface area (Å²) in [5.41, 5.74) is 0.119. The summed E-state index contributed by atoms with van der Waals surface area (Å²) < 4.78 is 5.46. The molecule has 0 spiro atoms. The van der Waals surface area contributed by atoms with Crippen molar-refractivity contribution in [2.75, 3.05) is 7.11 Å². The summed E-state index contributed by atoms with van der Waals surface area (Å²) in [5.74, 6) is 0. The van der Waals surface area contributed by atoms with Crippen molar-refractivity contribution >= 4 is 0 Å². The van der Waals surface area contributed by atoms with Gasteiger partial charge in [-0.25, -0.2) is 0 Å². The maximum atomic E-state index is 5.46. The fourth-order valence-corrected chi connectivity index (χ4v) is 1.21. The van der Waals surface area contributed by atoms with Crippen molar-refractivity contribution in [2.24, 2.45) is 10.2 Å². The number of ether oxygens (including phenoxy) is 1. The summed E-state index contributed by atoms with van der Waals surface area (Å²) in [6.45, 7) is 7.95. The third kappa shape index (κ3) is 3.42. The van der Waals surface area contributed by atoms with E-state index in [9.17, 15) is 0 Å². The molecule has 0 N–H and O–H groups in total. The molecule has 0 saturated heterocycles. The van der Waals surface area contributed by atoms with E-state index in [1.54, 1.807) is 7.11 Å². The van der Waals surface area contributed by atoms with Gasteiger partial charge in [0.15, 0.2) is 0 Å². The minimum atomic E-state index is -0.700.